The Hall–Kier alpha value is -2.57. The highest BCUT2D eigenvalue weighted by atomic mass is 35.5. The van der Waals surface area contributed by atoms with Gasteiger partial charge in [0.1, 0.15) is 12.3 Å². The number of hydrogen-bond acceptors (Lipinski definition) is 4. The molecular formula is C21H21ClN2O3S. The minimum atomic E-state index is -0.135. The lowest BCUT2D eigenvalue weighted by Crippen LogP contribution is -2.30. The maximum Gasteiger partial charge on any atom is 0.276 e. The van der Waals surface area contributed by atoms with Gasteiger partial charge in [-0.25, -0.2) is 0 Å². The van der Waals surface area contributed by atoms with Crippen molar-refractivity contribution in [3.8, 4) is 11.5 Å². The second-order valence-electron chi connectivity index (χ2n) is 6.06. The molecule has 0 atom stereocenters. The van der Waals surface area contributed by atoms with E-state index >= 15 is 0 Å². The zero-order valence-electron chi connectivity index (χ0n) is 15.7. The maximum absolute atomic E-state index is 12.4. The van der Waals surface area contributed by atoms with Crippen molar-refractivity contribution in [3.63, 3.8) is 0 Å². The molecular weight excluding hydrogens is 396 g/mol. The topological polar surface area (TPSA) is 50.8 Å². The van der Waals surface area contributed by atoms with Gasteiger partial charge in [-0.05, 0) is 55.9 Å². The highest BCUT2D eigenvalue weighted by Gasteiger charge is 2.29. The highest BCUT2D eigenvalue weighted by Crippen LogP contribution is 2.31. The van der Waals surface area contributed by atoms with E-state index in [9.17, 15) is 4.79 Å². The standard InChI is InChI=1S/C21H21ClN2O3S/c1-3-24-20(25)17(23-21(24)28)11-14-9-10-18(19(12-14)26-4-2)27-13-15-7-5-6-8-16(15)22/h5-12H,3-4,13H2,1-2H3,(H,23,28)/b17-11-. The molecule has 0 bridgehead atoms. The first-order valence-corrected chi connectivity index (χ1v) is 9.79. The third-order valence-electron chi connectivity index (χ3n) is 4.20. The van der Waals surface area contributed by atoms with Crippen LogP contribution in [0, 0.1) is 0 Å². The summed E-state index contributed by atoms with van der Waals surface area (Å²) in [6.07, 6.45) is 1.75. The van der Waals surface area contributed by atoms with E-state index in [0.29, 0.717) is 47.1 Å². The molecule has 3 rings (SSSR count). The van der Waals surface area contributed by atoms with Gasteiger partial charge in [-0.3, -0.25) is 9.69 Å². The summed E-state index contributed by atoms with van der Waals surface area (Å²) >= 11 is 11.4. The fourth-order valence-electron chi connectivity index (χ4n) is 2.80. The van der Waals surface area contributed by atoms with Crippen LogP contribution in [0.1, 0.15) is 25.0 Å². The largest absolute Gasteiger partial charge is 0.490 e. The first-order chi connectivity index (χ1) is 13.5. The van der Waals surface area contributed by atoms with Crippen LogP contribution in [0.5, 0.6) is 11.5 Å². The number of nitrogens with one attached hydrogen (secondary N) is 1. The van der Waals surface area contributed by atoms with Gasteiger partial charge in [0, 0.05) is 17.1 Å². The molecule has 7 heteroatoms. The first kappa shape index (κ1) is 20.2. The smallest absolute Gasteiger partial charge is 0.276 e. The predicted octanol–water partition coefficient (Wildman–Crippen LogP) is 4.40. The zero-order chi connectivity index (χ0) is 20.1. The highest BCUT2D eigenvalue weighted by molar-refractivity contribution is 7.80. The second kappa shape index (κ2) is 9.08. The molecule has 1 heterocycles. The van der Waals surface area contributed by atoms with Gasteiger partial charge < -0.3 is 14.8 Å². The fraction of sp³-hybridized carbons (Fsp3) is 0.238. The van der Waals surface area contributed by atoms with Crippen molar-refractivity contribution in [1.29, 1.82) is 0 Å². The summed E-state index contributed by atoms with van der Waals surface area (Å²) in [5.74, 6) is 1.08. The number of benzene rings is 2. The minimum absolute atomic E-state index is 0.135. The van der Waals surface area contributed by atoms with Crippen LogP contribution in [0.4, 0.5) is 0 Å². The van der Waals surface area contributed by atoms with E-state index in [2.05, 4.69) is 5.32 Å². The SMILES string of the molecule is CCOc1cc(/C=C2\NC(=S)N(CC)C2=O)ccc1OCc1ccccc1Cl. The molecule has 1 N–H and O–H groups in total. The predicted molar refractivity (Wildman–Crippen MR) is 114 cm³/mol. The van der Waals surface area contributed by atoms with Crippen LogP contribution in [0.15, 0.2) is 48.2 Å². The molecule has 146 valence electrons. The number of rotatable bonds is 7. The van der Waals surface area contributed by atoms with Crippen LogP contribution in [0.2, 0.25) is 5.02 Å². The van der Waals surface area contributed by atoms with Crippen LogP contribution >= 0.6 is 23.8 Å². The molecule has 0 aromatic heterocycles. The van der Waals surface area contributed by atoms with Crippen LogP contribution in [-0.2, 0) is 11.4 Å². The fourth-order valence-corrected chi connectivity index (χ4v) is 3.31. The Morgan fingerprint density at radius 2 is 1.93 bits per heavy atom. The molecule has 2 aromatic rings. The molecule has 1 aliphatic heterocycles. The summed E-state index contributed by atoms with van der Waals surface area (Å²) in [5, 5.41) is 4.03. The molecule has 1 saturated heterocycles. The van der Waals surface area contributed by atoms with Crippen LogP contribution in [0.3, 0.4) is 0 Å². The number of hydrogen-bond donors (Lipinski definition) is 1. The van der Waals surface area contributed by atoms with Gasteiger partial charge in [-0.1, -0.05) is 35.9 Å². The van der Waals surface area contributed by atoms with Gasteiger partial charge >= 0.3 is 0 Å². The molecule has 0 unspecified atom stereocenters. The number of thiocarbonyl (C=S) groups is 1. The van der Waals surface area contributed by atoms with Crippen LogP contribution in [-0.4, -0.2) is 29.1 Å². The summed E-state index contributed by atoms with van der Waals surface area (Å²) in [7, 11) is 0. The van der Waals surface area contributed by atoms with E-state index in [1.54, 1.807) is 6.08 Å². The average Bonchev–Trinajstić information content (AvgIpc) is 2.95. The molecule has 1 amide bonds. The Kier molecular flexibility index (Phi) is 6.54. The number of carbonyl (C=O) groups is 1. The lowest BCUT2D eigenvalue weighted by atomic mass is 10.1. The Morgan fingerprint density at radius 1 is 1.14 bits per heavy atom. The van der Waals surface area contributed by atoms with E-state index in [1.807, 2.05) is 56.3 Å². The zero-order valence-corrected chi connectivity index (χ0v) is 17.3. The number of amides is 1. The van der Waals surface area contributed by atoms with Gasteiger partial charge in [0.15, 0.2) is 16.6 Å². The molecule has 0 aliphatic carbocycles. The Morgan fingerprint density at radius 3 is 2.61 bits per heavy atom. The number of nitrogens with zero attached hydrogens (tertiary/aromatic N) is 1. The summed E-state index contributed by atoms with van der Waals surface area (Å²) in [5.41, 5.74) is 2.15. The van der Waals surface area contributed by atoms with Crippen molar-refractivity contribution >= 4 is 40.9 Å². The van der Waals surface area contributed by atoms with E-state index in [0.717, 1.165) is 11.1 Å². The summed E-state index contributed by atoms with van der Waals surface area (Å²) in [4.78, 5) is 13.9. The van der Waals surface area contributed by atoms with Crippen molar-refractivity contribution in [3.05, 3.63) is 64.3 Å². The quantitative estimate of drug-likeness (QED) is 0.535. The molecule has 1 aliphatic rings. The van der Waals surface area contributed by atoms with Crippen molar-refractivity contribution in [1.82, 2.24) is 10.2 Å². The van der Waals surface area contributed by atoms with Crippen molar-refractivity contribution < 1.29 is 14.3 Å². The van der Waals surface area contributed by atoms with Gasteiger partial charge in [0.25, 0.3) is 5.91 Å². The first-order valence-electron chi connectivity index (χ1n) is 9.01. The van der Waals surface area contributed by atoms with Crippen molar-refractivity contribution in [2.75, 3.05) is 13.2 Å². The van der Waals surface area contributed by atoms with E-state index in [-0.39, 0.29) is 5.91 Å². The van der Waals surface area contributed by atoms with Gasteiger partial charge in [-0.15, -0.1) is 0 Å². The lowest BCUT2D eigenvalue weighted by Gasteiger charge is -2.13. The molecule has 0 spiro atoms. The van der Waals surface area contributed by atoms with E-state index < -0.39 is 0 Å². The summed E-state index contributed by atoms with van der Waals surface area (Å²) in [6.45, 7) is 5.14. The molecule has 1 fully saturated rings. The Balaban J connectivity index is 1.81. The lowest BCUT2D eigenvalue weighted by molar-refractivity contribution is -0.122. The molecule has 0 radical (unpaired) electrons. The van der Waals surface area contributed by atoms with Crippen molar-refractivity contribution in [2.24, 2.45) is 0 Å². The van der Waals surface area contributed by atoms with Gasteiger partial charge in [0.05, 0.1) is 6.61 Å². The monoisotopic (exact) mass is 416 g/mol. The Bertz CT molecular complexity index is 930. The van der Waals surface area contributed by atoms with Crippen LogP contribution < -0.4 is 14.8 Å². The normalized spacial score (nSPS) is 15.1. The van der Waals surface area contributed by atoms with E-state index in [4.69, 9.17) is 33.3 Å². The number of halogens is 1. The third-order valence-corrected chi connectivity index (χ3v) is 4.89. The summed E-state index contributed by atoms with van der Waals surface area (Å²) in [6, 6.07) is 13.1. The molecule has 28 heavy (non-hydrogen) atoms. The van der Waals surface area contributed by atoms with Crippen molar-refractivity contribution in [2.45, 2.75) is 20.5 Å². The second-order valence-corrected chi connectivity index (χ2v) is 6.85. The maximum atomic E-state index is 12.4. The number of carbonyl (C=O) groups excluding carboxylic acids is 1. The van der Waals surface area contributed by atoms with Gasteiger partial charge in [0.2, 0.25) is 0 Å². The third kappa shape index (κ3) is 4.46. The van der Waals surface area contributed by atoms with E-state index in [1.165, 1.54) is 4.90 Å². The molecule has 0 saturated carbocycles. The minimum Gasteiger partial charge on any atom is -0.490 e. The number of likely N-dealkylation sites (N-methyl/N-ethyl adjacent to an activating group) is 1. The molecule has 5 nitrogen and oxygen atoms in total. The Labute approximate surface area is 174 Å². The number of ether oxygens (including phenoxy) is 2. The molecule has 2 aromatic carbocycles. The van der Waals surface area contributed by atoms with Crippen LogP contribution in [0.25, 0.3) is 6.08 Å². The van der Waals surface area contributed by atoms with Gasteiger partial charge in [-0.2, -0.15) is 0 Å². The summed E-state index contributed by atoms with van der Waals surface area (Å²) < 4.78 is 11.6. The average molecular weight is 417 g/mol.